The van der Waals surface area contributed by atoms with Crippen LogP contribution in [0.25, 0.3) is 0 Å². The molecule has 2 N–H and O–H groups in total. The van der Waals surface area contributed by atoms with E-state index < -0.39 is 5.91 Å². The minimum atomic E-state index is -0.528. The van der Waals surface area contributed by atoms with Gasteiger partial charge in [0.2, 0.25) is 0 Å². The van der Waals surface area contributed by atoms with E-state index in [1.807, 2.05) is 30.3 Å². The second kappa shape index (κ2) is 10.8. The molecule has 0 unspecified atom stereocenters. The first-order valence-electron chi connectivity index (χ1n) is 8.94. The molecule has 3 aromatic carbocycles. The number of rotatable bonds is 7. The SMILES string of the molecule is COc1cc(/C=N\NC(=O)c2cc(Br)ccc2O)cc(I)c1OCc1ccc(Cl)cc1. The van der Waals surface area contributed by atoms with Gasteiger partial charge in [-0.15, -0.1) is 0 Å². The lowest BCUT2D eigenvalue weighted by molar-refractivity contribution is 0.0952. The molecule has 0 saturated carbocycles. The lowest BCUT2D eigenvalue weighted by Crippen LogP contribution is -2.17. The third-order valence-electron chi connectivity index (χ3n) is 4.13. The Balaban J connectivity index is 1.70. The highest BCUT2D eigenvalue weighted by Crippen LogP contribution is 2.34. The van der Waals surface area contributed by atoms with Crippen LogP contribution in [0.1, 0.15) is 21.5 Å². The number of ether oxygens (including phenoxy) is 2. The molecule has 31 heavy (non-hydrogen) atoms. The first kappa shape index (κ1) is 23.4. The van der Waals surface area contributed by atoms with Crippen molar-refractivity contribution in [3.8, 4) is 17.2 Å². The Kier molecular flexibility index (Phi) is 8.16. The van der Waals surface area contributed by atoms with Gasteiger partial charge in [0.05, 0.1) is 22.5 Å². The highest BCUT2D eigenvalue weighted by Gasteiger charge is 2.13. The number of nitrogens with one attached hydrogen (secondary N) is 1. The third kappa shape index (κ3) is 6.34. The summed E-state index contributed by atoms with van der Waals surface area (Å²) in [5.74, 6) is 0.491. The molecule has 3 aromatic rings. The van der Waals surface area contributed by atoms with E-state index in [2.05, 4.69) is 49.0 Å². The number of hydrogen-bond acceptors (Lipinski definition) is 5. The number of aromatic hydroxyl groups is 1. The number of carbonyl (C=O) groups excluding carboxylic acids is 1. The molecule has 0 aliphatic carbocycles. The number of phenolic OH excluding ortho intramolecular Hbond substituents is 1. The van der Waals surface area contributed by atoms with Gasteiger partial charge in [0.15, 0.2) is 11.5 Å². The van der Waals surface area contributed by atoms with Gasteiger partial charge >= 0.3 is 0 Å². The van der Waals surface area contributed by atoms with Crippen LogP contribution in [-0.4, -0.2) is 24.3 Å². The topological polar surface area (TPSA) is 80.2 Å². The maximum absolute atomic E-state index is 12.2. The Hall–Kier alpha value is -2.30. The molecule has 0 atom stereocenters. The Bertz CT molecular complexity index is 1120. The number of phenols is 1. The van der Waals surface area contributed by atoms with E-state index in [4.69, 9.17) is 21.1 Å². The van der Waals surface area contributed by atoms with Gasteiger partial charge in [0.25, 0.3) is 5.91 Å². The molecular formula is C22H17BrClIN2O4. The first-order valence-corrected chi connectivity index (χ1v) is 11.2. The fraction of sp³-hybridized carbons (Fsp3) is 0.0909. The smallest absolute Gasteiger partial charge is 0.275 e. The quantitative estimate of drug-likeness (QED) is 0.201. The van der Waals surface area contributed by atoms with Gasteiger partial charge in [-0.25, -0.2) is 5.43 Å². The van der Waals surface area contributed by atoms with E-state index in [0.717, 1.165) is 9.13 Å². The van der Waals surface area contributed by atoms with Crippen molar-refractivity contribution in [1.82, 2.24) is 5.43 Å². The van der Waals surface area contributed by atoms with Crippen LogP contribution in [0.15, 0.2) is 64.2 Å². The van der Waals surface area contributed by atoms with Crippen molar-refractivity contribution in [3.63, 3.8) is 0 Å². The lowest BCUT2D eigenvalue weighted by Gasteiger charge is -2.13. The molecule has 3 rings (SSSR count). The highest BCUT2D eigenvalue weighted by molar-refractivity contribution is 14.1. The van der Waals surface area contributed by atoms with Crippen molar-refractivity contribution < 1.29 is 19.4 Å². The molecule has 0 aliphatic heterocycles. The molecule has 9 heteroatoms. The minimum absolute atomic E-state index is 0.115. The van der Waals surface area contributed by atoms with Crippen molar-refractivity contribution in [2.45, 2.75) is 6.61 Å². The van der Waals surface area contributed by atoms with Crippen molar-refractivity contribution in [2.75, 3.05) is 7.11 Å². The fourth-order valence-corrected chi connectivity index (χ4v) is 3.87. The zero-order valence-electron chi connectivity index (χ0n) is 16.2. The van der Waals surface area contributed by atoms with Gasteiger partial charge in [-0.1, -0.05) is 39.7 Å². The summed E-state index contributed by atoms with van der Waals surface area (Å²) in [6.07, 6.45) is 1.49. The Morgan fingerprint density at radius 3 is 2.68 bits per heavy atom. The van der Waals surface area contributed by atoms with Gasteiger partial charge in [0, 0.05) is 9.50 Å². The lowest BCUT2D eigenvalue weighted by atomic mass is 10.2. The number of hydrogen-bond donors (Lipinski definition) is 2. The van der Waals surface area contributed by atoms with Gasteiger partial charge in [0.1, 0.15) is 12.4 Å². The zero-order valence-corrected chi connectivity index (χ0v) is 20.7. The summed E-state index contributed by atoms with van der Waals surface area (Å²) < 4.78 is 12.9. The van der Waals surface area contributed by atoms with Crippen LogP contribution in [0.2, 0.25) is 5.02 Å². The molecule has 0 fully saturated rings. The van der Waals surface area contributed by atoms with Crippen molar-refractivity contribution >= 4 is 62.2 Å². The van der Waals surface area contributed by atoms with Crippen LogP contribution in [0.3, 0.4) is 0 Å². The molecule has 160 valence electrons. The summed E-state index contributed by atoms with van der Waals surface area (Å²) in [7, 11) is 1.55. The molecule has 1 amide bonds. The molecular weight excluding hydrogens is 599 g/mol. The summed E-state index contributed by atoms with van der Waals surface area (Å²) in [5, 5.41) is 14.5. The van der Waals surface area contributed by atoms with Gasteiger partial charge in [-0.2, -0.15) is 5.10 Å². The molecule has 0 aromatic heterocycles. The third-order valence-corrected chi connectivity index (χ3v) is 5.68. The van der Waals surface area contributed by atoms with E-state index in [-0.39, 0.29) is 11.3 Å². The van der Waals surface area contributed by atoms with E-state index in [9.17, 15) is 9.90 Å². The zero-order chi connectivity index (χ0) is 22.4. The first-order chi connectivity index (χ1) is 14.9. The number of benzene rings is 3. The van der Waals surface area contributed by atoms with Crippen molar-refractivity contribution in [2.24, 2.45) is 5.10 Å². The predicted octanol–water partition coefficient (Wildman–Crippen LogP) is 5.76. The number of carbonyl (C=O) groups is 1. The number of amides is 1. The van der Waals surface area contributed by atoms with Crippen LogP contribution in [0.4, 0.5) is 0 Å². The Morgan fingerprint density at radius 1 is 1.23 bits per heavy atom. The predicted molar refractivity (Wildman–Crippen MR) is 132 cm³/mol. The second-order valence-electron chi connectivity index (χ2n) is 6.31. The average molecular weight is 616 g/mol. The maximum atomic E-state index is 12.2. The van der Waals surface area contributed by atoms with Gasteiger partial charge in [-0.3, -0.25) is 4.79 Å². The second-order valence-corrected chi connectivity index (χ2v) is 8.82. The summed E-state index contributed by atoms with van der Waals surface area (Å²) in [6, 6.07) is 15.6. The van der Waals surface area contributed by atoms with Crippen LogP contribution in [0.5, 0.6) is 17.2 Å². The van der Waals surface area contributed by atoms with E-state index in [0.29, 0.717) is 33.2 Å². The van der Waals surface area contributed by atoms with Gasteiger partial charge < -0.3 is 14.6 Å². The molecule has 0 spiro atoms. The number of nitrogens with zero attached hydrogens (tertiary/aromatic N) is 1. The summed E-state index contributed by atoms with van der Waals surface area (Å²) in [6.45, 7) is 0.364. The summed E-state index contributed by atoms with van der Waals surface area (Å²) in [4.78, 5) is 12.2. The minimum Gasteiger partial charge on any atom is -0.507 e. The molecule has 0 saturated heterocycles. The van der Waals surface area contributed by atoms with Gasteiger partial charge in [-0.05, 0) is 76.2 Å². The molecule has 0 heterocycles. The monoisotopic (exact) mass is 614 g/mol. The van der Waals surface area contributed by atoms with Crippen LogP contribution in [0, 0.1) is 3.57 Å². The molecule has 0 radical (unpaired) electrons. The van der Waals surface area contributed by atoms with Crippen molar-refractivity contribution in [3.05, 3.63) is 84.4 Å². The summed E-state index contributed by atoms with van der Waals surface area (Å²) in [5.41, 5.74) is 4.20. The van der Waals surface area contributed by atoms with Crippen LogP contribution >= 0.6 is 50.1 Å². The molecule has 6 nitrogen and oxygen atoms in total. The van der Waals surface area contributed by atoms with Crippen molar-refractivity contribution in [1.29, 1.82) is 0 Å². The maximum Gasteiger partial charge on any atom is 0.275 e. The molecule has 0 aliphatic rings. The highest BCUT2D eigenvalue weighted by atomic mass is 127. The van der Waals surface area contributed by atoms with E-state index >= 15 is 0 Å². The van der Waals surface area contributed by atoms with Crippen LogP contribution in [-0.2, 0) is 6.61 Å². The Labute approximate surface area is 206 Å². The Morgan fingerprint density at radius 2 is 1.97 bits per heavy atom. The number of halogens is 3. The normalized spacial score (nSPS) is 10.8. The molecule has 0 bridgehead atoms. The largest absolute Gasteiger partial charge is 0.507 e. The average Bonchev–Trinajstić information content (AvgIpc) is 2.75. The summed E-state index contributed by atoms with van der Waals surface area (Å²) >= 11 is 11.3. The number of hydrazone groups is 1. The standard InChI is InChI=1S/C22H17BrClIN2O4/c1-30-20-9-14(11-26-27-22(29)17-10-15(23)4-7-19(17)28)8-18(25)21(20)31-12-13-2-5-16(24)6-3-13/h2-11,28H,12H2,1H3,(H,27,29)/b26-11-. The fourth-order valence-electron chi connectivity index (χ4n) is 2.61. The van der Waals surface area contributed by atoms with E-state index in [1.54, 1.807) is 19.2 Å². The van der Waals surface area contributed by atoms with E-state index in [1.165, 1.54) is 18.3 Å². The number of methoxy groups -OCH3 is 1. The van der Waals surface area contributed by atoms with Crippen LogP contribution < -0.4 is 14.9 Å².